The molecule has 2 aliphatic heterocycles. The van der Waals surface area contributed by atoms with Crippen molar-refractivity contribution < 1.29 is 4.79 Å². The largest absolute Gasteiger partial charge is 0.348 e. The van der Waals surface area contributed by atoms with Gasteiger partial charge in [-0.15, -0.1) is 0 Å². The monoisotopic (exact) mass is 388 g/mol. The number of hydrogen-bond donors (Lipinski definition) is 1. The Labute approximate surface area is 171 Å². The molecule has 29 heavy (non-hydrogen) atoms. The number of carbonyl (C=O) groups is 1. The minimum absolute atomic E-state index is 0.0278. The van der Waals surface area contributed by atoms with Gasteiger partial charge < -0.3 is 5.32 Å². The zero-order chi connectivity index (χ0) is 19.6. The van der Waals surface area contributed by atoms with Gasteiger partial charge in [-0.1, -0.05) is 30.3 Å². The van der Waals surface area contributed by atoms with Crippen molar-refractivity contribution in [3.8, 4) is 0 Å². The van der Waals surface area contributed by atoms with E-state index in [9.17, 15) is 4.79 Å². The summed E-state index contributed by atoms with van der Waals surface area (Å²) in [5, 5.41) is 10.3. The zero-order valence-electron chi connectivity index (χ0n) is 16.8. The molecule has 0 aliphatic carbocycles. The first kappa shape index (κ1) is 18.4. The molecule has 2 aromatic carbocycles. The Morgan fingerprint density at radius 1 is 1.03 bits per heavy atom. The molecule has 0 spiro atoms. The van der Waals surface area contributed by atoms with Crippen molar-refractivity contribution in [2.75, 3.05) is 13.1 Å². The summed E-state index contributed by atoms with van der Waals surface area (Å²) >= 11 is 0. The first-order valence-electron chi connectivity index (χ1n) is 10.8. The molecule has 1 N–H and O–H groups in total. The van der Waals surface area contributed by atoms with Gasteiger partial charge in [-0.2, -0.15) is 5.10 Å². The van der Waals surface area contributed by atoms with Gasteiger partial charge in [0.2, 0.25) is 0 Å². The Morgan fingerprint density at radius 2 is 1.93 bits per heavy atom. The number of hydrogen-bond acceptors (Lipinski definition) is 3. The number of aromatic nitrogens is 2. The lowest BCUT2D eigenvalue weighted by atomic mass is 10.0. The number of nitrogens with one attached hydrogen (secondary N) is 1. The van der Waals surface area contributed by atoms with E-state index in [0.717, 1.165) is 61.8 Å². The van der Waals surface area contributed by atoms with Crippen molar-refractivity contribution in [3.63, 3.8) is 0 Å². The number of fused-ring (bicyclic) bond motifs is 2. The van der Waals surface area contributed by atoms with Gasteiger partial charge in [0.15, 0.2) is 0 Å². The van der Waals surface area contributed by atoms with Crippen molar-refractivity contribution in [2.24, 2.45) is 0 Å². The predicted molar refractivity (Wildman–Crippen MR) is 115 cm³/mol. The van der Waals surface area contributed by atoms with Gasteiger partial charge in [-0.3, -0.25) is 14.4 Å². The average molecular weight is 389 g/mol. The molecule has 5 heteroatoms. The number of rotatable bonds is 4. The highest BCUT2D eigenvalue weighted by atomic mass is 16.1. The van der Waals surface area contributed by atoms with Crippen LogP contribution in [0.5, 0.6) is 0 Å². The first-order chi connectivity index (χ1) is 14.2. The van der Waals surface area contributed by atoms with Crippen LogP contribution in [0.25, 0.3) is 10.8 Å². The molecule has 150 valence electrons. The molecule has 1 saturated heterocycles. The van der Waals surface area contributed by atoms with Gasteiger partial charge in [-0.05, 0) is 67.6 Å². The molecule has 1 amide bonds. The van der Waals surface area contributed by atoms with Crippen molar-refractivity contribution in [3.05, 3.63) is 65.5 Å². The zero-order valence-corrected chi connectivity index (χ0v) is 16.8. The lowest BCUT2D eigenvalue weighted by molar-refractivity contribution is 0.0900. The van der Waals surface area contributed by atoms with Crippen molar-refractivity contribution in [1.82, 2.24) is 20.0 Å². The maximum atomic E-state index is 12.8. The highest BCUT2D eigenvalue weighted by molar-refractivity contribution is 5.98. The second kappa shape index (κ2) is 7.99. The summed E-state index contributed by atoms with van der Waals surface area (Å²) in [6.07, 6.45) is 5.81. The number of likely N-dealkylation sites (tertiary alicyclic amines) is 1. The Kier molecular flexibility index (Phi) is 5.06. The van der Waals surface area contributed by atoms with E-state index in [-0.39, 0.29) is 11.9 Å². The van der Waals surface area contributed by atoms with Crippen LogP contribution < -0.4 is 5.32 Å². The van der Waals surface area contributed by atoms with Crippen LogP contribution >= 0.6 is 0 Å². The van der Waals surface area contributed by atoms with Gasteiger partial charge in [-0.25, -0.2) is 0 Å². The highest BCUT2D eigenvalue weighted by Gasteiger charge is 2.23. The number of aryl methyl sites for hydroxylation is 2. The van der Waals surface area contributed by atoms with Gasteiger partial charge in [0.25, 0.3) is 5.91 Å². The van der Waals surface area contributed by atoms with Crippen LogP contribution in [0, 0.1) is 0 Å². The third-order valence-corrected chi connectivity index (χ3v) is 6.20. The molecule has 3 heterocycles. The standard InChI is InChI=1S/C24H28N4O/c29-24(20-11-10-18-6-1-2-7-19(18)14-20)25-21-8-5-12-27(16-21)17-22-15-23-9-3-4-13-28(23)26-22/h1-2,6-7,10-11,14-15,21H,3-5,8-9,12-13,16-17H2,(H,25,29). The Balaban J connectivity index is 1.22. The minimum Gasteiger partial charge on any atom is -0.348 e. The Morgan fingerprint density at radius 3 is 2.83 bits per heavy atom. The summed E-state index contributed by atoms with van der Waals surface area (Å²) in [5.41, 5.74) is 3.29. The molecular formula is C24H28N4O. The van der Waals surface area contributed by atoms with E-state index >= 15 is 0 Å². The first-order valence-corrected chi connectivity index (χ1v) is 10.8. The summed E-state index contributed by atoms with van der Waals surface area (Å²) in [4.78, 5) is 15.2. The molecule has 5 rings (SSSR count). The molecular weight excluding hydrogens is 360 g/mol. The Hall–Kier alpha value is -2.66. The molecule has 1 unspecified atom stereocenters. The second-order valence-corrected chi connectivity index (χ2v) is 8.42. The fourth-order valence-corrected chi connectivity index (χ4v) is 4.70. The summed E-state index contributed by atoms with van der Waals surface area (Å²) in [5.74, 6) is 0.0278. The van der Waals surface area contributed by atoms with Crippen LogP contribution in [0.1, 0.15) is 47.4 Å². The van der Waals surface area contributed by atoms with Crippen molar-refractivity contribution in [1.29, 1.82) is 0 Å². The lowest BCUT2D eigenvalue weighted by Gasteiger charge is -2.32. The predicted octanol–water partition coefficient (Wildman–Crippen LogP) is 3.77. The maximum Gasteiger partial charge on any atom is 0.251 e. The summed E-state index contributed by atoms with van der Waals surface area (Å²) in [7, 11) is 0. The summed E-state index contributed by atoms with van der Waals surface area (Å²) < 4.78 is 2.18. The molecule has 3 aromatic rings. The van der Waals surface area contributed by atoms with Crippen molar-refractivity contribution >= 4 is 16.7 Å². The molecule has 1 aromatic heterocycles. The van der Waals surface area contributed by atoms with Gasteiger partial charge in [0, 0.05) is 36.9 Å². The van der Waals surface area contributed by atoms with Crippen molar-refractivity contribution in [2.45, 2.75) is 51.2 Å². The minimum atomic E-state index is 0.0278. The third-order valence-electron chi connectivity index (χ3n) is 6.20. The molecule has 0 saturated carbocycles. The number of amides is 1. The summed E-state index contributed by atoms with van der Waals surface area (Å²) in [6.45, 7) is 3.90. The Bertz CT molecular complexity index is 1000. The van der Waals surface area contributed by atoms with E-state index in [1.54, 1.807) is 0 Å². The molecule has 0 radical (unpaired) electrons. The number of benzene rings is 2. The molecule has 1 atom stereocenters. The number of nitrogens with zero attached hydrogens (tertiary/aromatic N) is 3. The van der Waals surface area contributed by atoms with E-state index in [1.165, 1.54) is 24.2 Å². The smallest absolute Gasteiger partial charge is 0.251 e. The van der Waals surface area contributed by atoms with E-state index in [2.05, 4.69) is 33.1 Å². The lowest BCUT2D eigenvalue weighted by Crippen LogP contribution is -2.47. The van der Waals surface area contributed by atoms with Crippen LogP contribution in [-0.4, -0.2) is 39.7 Å². The van der Waals surface area contributed by atoms with Gasteiger partial charge in [0.05, 0.1) is 5.69 Å². The number of piperidine rings is 1. The van der Waals surface area contributed by atoms with E-state index in [4.69, 9.17) is 5.10 Å². The van der Waals surface area contributed by atoms with Crippen LogP contribution in [-0.2, 0) is 19.5 Å². The van der Waals surface area contributed by atoms with Crippen LogP contribution in [0.4, 0.5) is 0 Å². The van der Waals surface area contributed by atoms with E-state index in [0.29, 0.717) is 0 Å². The van der Waals surface area contributed by atoms with Crippen LogP contribution in [0.3, 0.4) is 0 Å². The normalized spacial score (nSPS) is 19.8. The second-order valence-electron chi connectivity index (χ2n) is 8.42. The molecule has 5 nitrogen and oxygen atoms in total. The molecule has 0 bridgehead atoms. The third kappa shape index (κ3) is 4.06. The van der Waals surface area contributed by atoms with E-state index in [1.807, 2.05) is 30.3 Å². The molecule has 1 fully saturated rings. The average Bonchev–Trinajstić information content (AvgIpc) is 3.16. The van der Waals surface area contributed by atoms with Gasteiger partial charge >= 0.3 is 0 Å². The topological polar surface area (TPSA) is 50.2 Å². The summed E-state index contributed by atoms with van der Waals surface area (Å²) in [6, 6.07) is 16.6. The van der Waals surface area contributed by atoms with Crippen LogP contribution in [0.2, 0.25) is 0 Å². The van der Waals surface area contributed by atoms with Crippen LogP contribution in [0.15, 0.2) is 48.5 Å². The fraction of sp³-hybridized carbons (Fsp3) is 0.417. The molecule has 2 aliphatic rings. The van der Waals surface area contributed by atoms with Gasteiger partial charge in [0.1, 0.15) is 0 Å². The fourth-order valence-electron chi connectivity index (χ4n) is 4.70. The number of carbonyl (C=O) groups excluding carboxylic acids is 1. The SMILES string of the molecule is O=C(NC1CCCN(Cc2cc3n(n2)CCCC3)C1)c1ccc2ccccc2c1. The highest BCUT2D eigenvalue weighted by Crippen LogP contribution is 2.19. The quantitative estimate of drug-likeness (QED) is 0.740. The maximum absolute atomic E-state index is 12.8. The van der Waals surface area contributed by atoms with E-state index < -0.39 is 0 Å².